The minimum Gasteiger partial charge on any atom is -0.457 e. The standard InChI is InChI=1S/C16H17NO2/c1-17(2)12-16(18)13-8-10-15(11-9-13)19-14-6-4-3-5-7-14/h3-11H,12H2,1-2H3. The summed E-state index contributed by atoms with van der Waals surface area (Å²) >= 11 is 0. The number of benzene rings is 2. The minimum atomic E-state index is 0.108. The van der Waals surface area contributed by atoms with Gasteiger partial charge in [-0.05, 0) is 50.5 Å². The van der Waals surface area contributed by atoms with Crippen molar-refractivity contribution in [2.45, 2.75) is 0 Å². The molecule has 0 aliphatic rings. The van der Waals surface area contributed by atoms with Crippen molar-refractivity contribution in [3.63, 3.8) is 0 Å². The molecule has 0 spiro atoms. The van der Waals surface area contributed by atoms with Gasteiger partial charge >= 0.3 is 0 Å². The van der Waals surface area contributed by atoms with Crippen LogP contribution in [0.2, 0.25) is 0 Å². The molecule has 0 aliphatic carbocycles. The van der Waals surface area contributed by atoms with Crippen molar-refractivity contribution in [2.24, 2.45) is 0 Å². The highest BCUT2D eigenvalue weighted by Crippen LogP contribution is 2.21. The number of nitrogens with zero attached hydrogens (tertiary/aromatic N) is 1. The highest BCUT2D eigenvalue weighted by Gasteiger charge is 2.07. The maximum absolute atomic E-state index is 11.8. The number of para-hydroxylation sites is 1. The van der Waals surface area contributed by atoms with E-state index in [1.807, 2.05) is 61.5 Å². The normalized spacial score (nSPS) is 10.5. The molecule has 0 bridgehead atoms. The minimum absolute atomic E-state index is 0.108. The van der Waals surface area contributed by atoms with Crippen molar-refractivity contribution in [1.82, 2.24) is 4.90 Å². The van der Waals surface area contributed by atoms with Gasteiger partial charge in [-0.1, -0.05) is 18.2 Å². The Morgan fingerprint density at radius 2 is 1.53 bits per heavy atom. The lowest BCUT2D eigenvalue weighted by molar-refractivity contribution is 0.0958. The maximum atomic E-state index is 11.8. The van der Waals surface area contributed by atoms with Crippen LogP contribution in [0.15, 0.2) is 54.6 Å². The van der Waals surface area contributed by atoms with Gasteiger partial charge in [0.25, 0.3) is 0 Å². The van der Waals surface area contributed by atoms with Crippen LogP contribution in [0, 0.1) is 0 Å². The second-order valence-corrected chi connectivity index (χ2v) is 4.60. The monoisotopic (exact) mass is 255 g/mol. The second kappa shape index (κ2) is 6.16. The predicted molar refractivity (Wildman–Crippen MR) is 75.8 cm³/mol. The zero-order chi connectivity index (χ0) is 13.7. The number of hydrogen-bond donors (Lipinski definition) is 0. The lowest BCUT2D eigenvalue weighted by atomic mass is 10.1. The Kier molecular flexibility index (Phi) is 4.31. The van der Waals surface area contributed by atoms with E-state index in [1.165, 1.54) is 0 Å². The summed E-state index contributed by atoms with van der Waals surface area (Å²) < 4.78 is 5.67. The smallest absolute Gasteiger partial charge is 0.176 e. The topological polar surface area (TPSA) is 29.5 Å². The van der Waals surface area contributed by atoms with E-state index < -0.39 is 0 Å². The van der Waals surface area contributed by atoms with Gasteiger partial charge in [0.1, 0.15) is 11.5 Å². The van der Waals surface area contributed by atoms with Crippen LogP contribution in [0.3, 0.4) is 0 Å². The maximum Gasteiger partial charge on any atom is 0.176 e. The third-order valence-corrected chi connectivity index (χ3v) is 2.62. The van der Waals surface area contributed by atoms with Gasteiger partial charge in [-0.3, -0.25) is 4.79 Å². The van der Waals surface area contributed by atoms with E-state index in [0.29, 0.717) is 12.1 Å². The number of ketones is 1. The summed E-state index contributed by atoms with van der Waals surface area (Å²) in [5.74, 6) is 1.62. The molecular formula is C16H17NO2. The fraction of sp³-hybridized carbons (Fsp3) is 0.188. The van der Waals surface area contributed by atoms with Gasteiger partial charge < -0.3 is 9.64 Å². The van der Waals surface area contributed by atoms with Crippen LogP contribution >= 0.6 is 0 Å². The van der Waals surface area contributed by atoms with E-state index in [4.69, 9.17) is 4.74 Å². The number of likely N-dealkylation sites (N-methyl/N-ethyl adjacent to an activating group) is 1. The fourth-order valence-corrected chi connectivity index (χ4v) is 1.71. The van der Waals surface area contributed by atoms with Crippen LogP contribution in [-0.4, -0.2) is 31.3 Å². The molecule has 2 aromatic carbocycles. The number of carbonyl (C=O) groups excluding carboxylic acids is 1. The zero-order valence-corrected chi connectivity index (χ0v) is 11.2. The Labute approximate surface area is 113 Å². The highest BCUT2D eigenvalue weighted by molar-refractivity contribution is 5.97. The van der Waals surface area contributed by atoms with E-state index in [2.05, 4.69) is 0 Å². The van der Waals surface area contributed by atoms with Crippen molar-refractivity contribution in [3.05, 3.63) is 60.2 Å². The number of ether oxygens (including phenoxy) is 1. The molecule has 0 aromatic heterocycles. The first-order valence-electron chi connectivity index (χ1n) is 6.16. The van der Waals surface area contributed by atoms with Crippen molar-refractivity contribution in [3.8, 4) is 11.5 Å². The first-order chi connectivity index (χ1) is 9.15. The van der Waals surface area contributed by atoms with Crippen molar-refractivity contribution in [2.75, 3.05) is 20.6 Å². The van der Waals surface area contributed by atoms with Crippen LogP contribution in [0.1, 0.15) is 10.4 Å². The van der Waals surface area contributed by atoms with Crippen molar-refractivity contribution < 1.29 is 9.53 Å². The summed E-state index contributed by atoms with van der Waals surface area (Å²) in [6.07, 6.45) is 0. The summed E-state index contributed by atoms with van der Waals surface area (Å²) in [5.41, 5.74) is 0.703. The van der Waals surface area contributed by atoms with E-state index >= 15 is 0 Å². The van der Waals surface area contributed by atoms with E-state index in [9.17, 15) is 4.79 Å². The molecule has 0 atom stereocenters. The highest BCUT2D eigenvalue weighted by atomic mass is 16.5. The summed E-state index contributed by atoms with van der Waals surface area (Å²) in [7, 11) is 3.76. The molecular weight excluding hydrogens is 238 g/mol. The Morgan fingerprint density at radius 3 is 2.11 bits per heavy atom. The molecule has 19 heavy (non-hydrogen) atoms. The molecule has 0 fully saturated rings. The summed E-state index contributed by atoms with van der Waals surface area (Å²) in [6.45, 7) is 0.416. The molecule has 3 heteroatoms. The predicted octanol–water partition coefficient (Wildman–Crippen LogP) is 3.22. The lowest BCUT2D eigenvalue weighted by Gasteiger charge is -2.09. The zero-order valence-electron chi connectivity index (χ0n) is 11.2. The average molecular weight is 255 g/mol. The van der Waals surface area contributed by atoms with Crippen molar-refractivity contribution in [1.29, 1.82) is 0 Å². The molecule has 0 saturated heterocycles. The first-order valence-corrected chi connectivity index (χ1v) is 6.16. The van der Waals surface area contributed by atoms with Crippen LogP contribution in [0.4, 0.5) is 0 Å². The van der Waals surface area contributed by atoms with Crippen LogP contribution in [0.25, 0.3) is 0 Å². The Bertz CT molecular complexity index is 532. The van der Waals surface area contributed by atoms with Gasteiger partial charge in [-0.25, -0.2) is 0 Å². The summed E-state index contributed by atoms with van der Waals surface area (Å²) in [5, 5.41) is 0. The molecule has 0 unspecified atom stereocenters. The first kappa shape index (κ1) is 13.3. The quantitative estimate of drug-likeness (QED) is 0.768. The number of carbonyl (C=O) groups is 1. The largest absolute Gasteiger partial charge is 0.457 e. The number of rotatable bonds is 5. The van der Waals surface area contributed by atoms with Gasteiger partial charge in [0, 0.05) is 5.56 Å². The lowest BCUT2D eigenvalue weighted by Crippen LogP contribution is -2.21. The van der Waals surface area contributed by atoms with Crippen molar-refractivity contribution >= 4 is 5.78 Å². The third-order valence-electron chi connectivity index (χ3n) is 2.62. The van der Waals surface area contributed by atoms with E-state index in [-0.39, 0.29) is 5.78 Å². The average Bonchev–Trinajstić information content (AvgIpc) is 2.40. The number of hydrogen-bond acceptors (Lipinski definition) is 3. The molecule has 0 N–H and O–H groups in total. The molecule has 0 radical (unpaired) electrons. The second-order valence-electron chi connectivity index (χ2n) is 4.60. The van der Waals surface area contributed by atoms with Gasteiger partial charge in [0.05, 0.1) is 6.54 Å². The molecule has 0 aliphatic heterocycles. The van der Waals surface area contributed by atoms with E-state index in [1.54, 1.807) is 12.1 Å². The molecule has 3 nitrogen and oxygen atoms in total. The third kappa shape index (κ3) is 3.93. The van der Waals surface area contributed by atoms with Crippen LogP contribution in [-0.2, 0) is 0 Å². The molecule has 98 valence electrons. The Balaban J connectivity index is 2.04. The van der Waals surface area contributed by atoms with E-state index in [0.717, 1.165) is 11.5 Å². The molecule has 0 saturated carbocycles. The molecule has 0 heterocycles. The van der Waals surface area contributed by atoms with Gasteiger partial charge in [0.2, 0.25) is 0 Å². The molecule has 2 rings (SSSR count). The van der Waals surface area contributed by atoms with Gasteiger partial charge in [-0.15, -0.1) is 0 Å². The van der Waals surface area contributed by atoms with Gasteiger partial charge in [-0.2, -0.15) is 0 Å². The van der Waals surface area contributed by atoms with Gasteiger partial charge in [0.15, 0.2) is 5.78 Å². The van der Waals surface area contributed by atoms with Crippen LogP contribution in [0.5, 0.6) is 11.5 Å². The SMILES string of the molecule is CN(C)CC(=O)c1ccc(Oc2ccccc2)cc1. The Hall–Kier alpha value is -2.13. The molecule has 2 aromatic rings. The molecule has 0 amide bonds. The van der Waals surface area contributed by atoms with Crippen LogP contribution < -0.4 is 4.74 Å². The number of Topliss-reactive ketones (excluding diaryl/α,β-unsaturated/α-hetero) is 1. The Morgan fingerprint density at radius 1 is 0.947 bits per heavy atom. The summed E-state index contributed by atoms with van der Waals surface area (Å²) in [6, 6.07) is 16.8. The summed E-state index contributed by atoms with van der Waals surface area (Å²) in [4.78, 5) is 13.7. The fourth-order valence-electron chi connectivity index (χ4n) is 1.71.